The van der Waals surface area contributed by atoms with Gasteiger partial charge in [-0.3, -0.25) is 4.79 Å². The number of nitrogens with zero attached hydrogens (tertiary/aromatic N) is 1. The quantitative estimate of drug-likeness (QED) is 0.532. The van der Waals surface area contributed by atoms with E-state index in [1.807, 2.05) is 5.01 Å². The van der Waals surface area contributed by atoms with Crippen LogP contribution < -0.4 is 11.2 Å². The monoisotopic (exact) mass is 203 g/mol. The van der Waals surface area contributed by atoms with Gasteiger partial charge in [0.05, 0.1) is 20.3 Å². The smallest absolute Gasteiger partial charge is 0.325 e. The van der Waals surface area contributed by atoms with Gasteiger partial charge >= 0.3 is 5.97 Å². The van der Waals surface area contributed by atoms with Gasteiger partial charge in [0.25, 0.3) is 0 Å². The van der Waals surface area contributed by atoms with E-state index in [1.54, 1.807) is 0 Å². The predicted octanol–water partition coefficient (Wildman–Crippen LogP) is -1.68. The van der Waals surface area contributed by atoms with Crippen molar-refractivity contribution in [1.82, 2.24) is 10.4 Å². The normalized spacial score (nSPS) is 20.4. The number of carbonyl (C=O) groups is 1. The Bertz CT molecular complexity index is 183. The molecule has 1 fully saturated rings. The Morgan fingerprint density at radius 2 is 2.29 bits per heavy atom. The van der Waals surface area contributed by atoms with Crippen LogP contribution in [0.2, 0.25) is 0 Å². The van der Waals surface area contributed by atoms with Gasteiger partial charge < -0.3 is 15.2 Å². The molecule has 0 radical (unpaired) electrons. The first-order chi connectivity index (χ1) is 6.77. The van der Waals surface area contributed by atoms with Crippen molar-refractivity contribution in [2.24, 2.45) is 5.73 Å². The first kappa shape index (κ1) is 11.4. The average molecular weight is 203 g/mol. The summed E-state index contributed by atoms with van der Waals surface area (Å²) in [5.41, 5.74) is 8.46. The molecule has 1 atom stereocenters. The lowest BCUT2D eigenvalue weighted by Crippen LogP contribution is -2.55. The van der Waals surface area contributed by atoms with Crippen LogP contribution >= 0.6 is 0 Å². The van der Waals surface area contributed by atoms with Crippen LogP contribution in [0.5, 0.6) is 0 Å². The van der Waals surface area contributed by atoms with Gasteiger partial charge in [0.15, 0.2) is 0 Å². The summed E-state index contributed by atoms with van der Waals surface area (Å²) in [5, 5.41) is 1.93. The van der Waals surface area contributed by atoms with Gasteiger partial charge in [-0.2, -0.15) is 0 Å². The van der Waals surface area contributed by atoms with E-state index in [1.165, 1.54) is 7.11 Å². The SMILES string of the molecule is COC(=O)C(CN)NN1CCOCC1. The first-order valence-electron chi connectivity index (χ1n) is 4.64. The Hall–Kier alpha value is -0.690. The zero-order valence-electron chi connectivity index (χ0n) is 8.36. The maximum atomic E-state index is 11.2. The molecule has 3 N–H and O–H groups in total. The molecule has 1 rings (SSSR count). The highest BCUT2D eigenvalue weighted by Crippen LogP contribution is 1.95. The number of ether oxygens (including phenoxy) is 2. The van der Waals surface area contributed by atoms with Crippen molar-refractivity contribution in [1.29, 1.82) is 0 Å². The summed E-state index contributed by atoms with van der Waals surface area (Å²) in [7, 11) is 1.35. The number of nitrogens with two attached hydrogens (primary N) is 1. The van der Waals surface area contributed by atoms with E-state index in [2.05, 4.69) is 10.2 Å². The standard InChI is InChI=1S/C8H17N3O3/c1-13-8(12)7(6-9)10-11-2-4-14-5-3-11/h7,10H,2-6,9H2,1H3. The zero-order chi connectivity index (χ0) is 10.4. The highest BCUT2D eigenvalue weighted by atomic mass is 16.5. The Morgan fingerprint density at radius 1 is 1.64 bits per heavy atom. The van der Waals surface area contributed by atoms with Crippen LogP contribution in [-0.4, -0.2) is 57.0 Å². The second-order valence-corrected chi connectivity index (χ2v) is 3.04. The van der Waals surface area contributed by atoms with Crippen LogP contribution in [0.3, 0.4) is 0 Å². The maximum Gasteiger partial charge on any atom is 0.325 e. The molecule has 82 valence electrons. The second kappa shape index (κ2) is 5.92. The van der Waals surface area contributed by atoms with E-state index in [9.17, 15) is 4.79 Å². The van der Waals surface area contributed by atoms with Crippen molar-refractivity contribution in [3.8, 4) is 0 Å². The highest BCUT2D eigenvalue weighted by Gasteiger charge is 2.21. The average Bonchev–Trinajstić information content (AvgIpc) is 2.26. The molecular weight excluding hydrogens is 186 g/mol. The van der Waals surface area contributed by atoms with Gasteiger partial charge in [0.2, 0.25) is 0 Å². The van der Waals surface area contributed by atoms with E-state index in [0.717, 1.165) is 13.1 Å². The predicted molar refractivity (Wildman–Crippen MR) is 50.4 cm³/mol. The summed E-state index contributed by atoms with van der Waals surface area (Å²) >= 11 is 0. The minimum absolute atomic E-state index is 0.226. The first-order valence-corrected chi connectivity index (χ1v) is 4.64. The Labute approximate surface area is 83.3 Å². The van der Waals surface area contributed by atoms with Crippen molar-refractivity contribution in [3.63, 3.8) is 0 Å². The lowest BCUT2D eigenvalue weighted by Gasteiger charge is -2.30. The highest BCUT2D eigenvalue weighted by molar-refractivity contribution is 5.75. The molecule has 0 aliphatic carbocycles. The van der Waals surface area contributed by atoms with Gasteiger partial charge in [-0.25, -0.2) is 10.4 Å². The van der Waals surface area contributed by atoms with E-state index >= 15 is 0 Å². The summed E-state index contributed by atoms with van der Waals surface area (Å²) in [6, 6.07) is -0.460. The summed E-state index contributed by atoms with van der Waals surface area (Å²) in [6.45, 7) is 3.09. The molecule has 14 heavy (non-hydrogen) atoms. The molecule has 0 aromatic rings. The van der Waals surface area contributed by atoms with Crippen molar-refractivity contribution in [2.45, 2.75) is 6.04 Å². The molecule has 0 aromatic heterocycles. The number of methoxy groups -OCH3 is 1. The van der Waals surface area contributed by atoms with Gasteiger partial charge in [0, 0.05) is 19.6 Å². The van der Waals surface area contributed by atoms with Crippen molar-refractivity contribution in [3.05, 3.63) is 0 Å². The summed E-state index contributed by atoms with van der Waals surface area (Å²) < 4.78 is 9.78. The number of hydrogen-bond donors (Lipinski definition) is 2. The molecule has 0 saturated carbocycles. The summed E-state index contributed by atoms with van der Waals surface area (Å²) in [6.07, 6.45) is 0. The molecule has 0 amide bonds. The third-order valence-corrected chi connectivity index (χ3v) is 2.07. The molecule has 1 unspecified atom stereocenters. The van der Waals surface area contributed by atoms with E-state index in [0.29, 0.717) is 13.2 Å². The van der Waals surface area contributed by atoms with E-state index in [-0.39, 0.29) is 12.5 Å². The molecule has 1 saturated heterocycles. The van der Waals surface area contributed by atoms with Crippen LogP contribution in [0.1, 0.15) is 0 Å². The van der Waals surface area contributed by atoms with E-state index < -0.39 is 6.04 Å². The Balaban J connectivity index is 2.34. The van der Waals surface area contributed by atoms with Crippen LogP contribution in [0.15, 0.2) is 0 Å². The van der Waals surface area contributed by atoms with Gasteiger partial charge in [-0.15, -0.1) is 0 Å². The molecule has 0 bridgehead atoms. The van der Waals surface area contributed by atoms with Crippen LogP contribution in [0, 0.1) is 0 Å². The number of morpholine rings is 1. The maximum absolute atomic E-state index is 11.2. The van der Waals surface area contributed by atoms with Crippen LogP contribution in [-0.2, 0) is 14.3 Å². The minimum atomic E-state index is -0.460. The lowest BCUT2D eigenvalue weighted by atomic mass is 10.3. The van der Waals surface area contributed by atoms with Crippen LogP contribution in [0.25, 0.3) is 0 Å². The topological polar surface area (TPSA) is 76.8 Å². The summed E-state index contributed by atoms with van der Waals surface area (Å²) in [4.78, 5) is 11.2. The number of rotatable bonds is 4. The zero-order valence-corrected chi connectivity index (χ0v) is 8.36. The molecule has 1 heterocycles. The molecule has 6 nitrogen and oxygen atoms in total. The van der Waals surface area contributed by atoms with Crippen molar-refractivity contribution in [2.75, 3.05) is 40.0 Å². The third kappa shape index (κ3) is 3.22. The summed E-state index contributed by atoms with van der Waals surface area (Å²) in [5.74, 6) is -0.334. The number of esters is 1. The van der Waals surface area contributed by atoms with Gasteiger partial charge in [-0.05, 0) is 0 Å². The molecule has 1 aliphatic heterocycles. The molecule has 0 aromatic carbocycles. The fourth-order valence-corrected chi connectivity index (χ4v) is 1.26. The molecule has 0 spiro atoms. The molecule has 6 heteroatoms. The molecule has 1 aliphatic rings. The largest absolute Gasteiger partial charge is 0.468 e. The Kier molecular flexibility index (Phi) is 4.81. The second-order valence-electron chi connectivity index (χ2n) is 3.04. The number of nitrogens with one attached hydrogen (secondary N) is 1. The Morgan fingerprint density at radius 3 is 2.79 bits per heavy atom. The van der Waals surface area contributed by atoms with Crippen molar-refractivity contribution < 1.29 is 14.3 Å². The fraction of sp³-hybridized carbons (Fsp3) is 0.875. The van der Waals surface area contributed by atoms with Crippen molar-refractivity contribution >= 4 is 5.97 Å². The van der Waals surface area contributed by atoms with E-state index in [4.69, 9.17) is 10.5 Å². The number of carbonyl (C=O) groups excluding carboxylic acids is 1. The number of hydrogen-bond acceptors (Lipinski definition) is 6. The molecular formula is C8H17N3O3. The van der Waals surface area contributed by atoms with Gasteiger partial charge in [-0.1, -0.05) is 0 Å². The number of hydrazine groups is 1. The third-order valence-electron chi connectivity index (χ3n) is 2.07. The minimum Gasteiger partial charge on any atom is -0.468 e. The van der Waals surface area contributed by atoms with Crippen LogP contribution in [0.4, 0.5) is 0 Å². The lowest BCUT2D eigenvalue weighted by molar-refractivity contribution is -0.145. The fourth-order valence-electron chi connectivity index (χ4n) is 1.26. The van der Waals surface area contributed by atoms with Gasteiger partial charge in [0.1, 0.15) is 6.04 Å².